The van der Waals surface area contributed by atoms with Crippen LogP contribution in [0.15, 0.2) is 17.2 Å². The number of anilines is 1. The van der Waals surface area contributed by atoms with Gasteiger partial charge in [0.1, 0.15) is 5.03 Å². The van der Waals surface area contributed by atoms with Crippen molar-refractivity contribution in [3.8, 4) is 0 Å². The third-order valence-electron chi connectivity index (χ3n) is 2.50. The molecule has 0 amide bonds. The molecule has 2 aromatic heterocycles. The number of aryl methyl sites for hydroxylation is 2. The first kappa shape index (κ1) is 9.40. The number of pyridine rings is 1. The molecule has 0 unspecified atom stereocenters. The van der Waals surface area contributed by atoms with E-state index in [1.54, 1.807) is 11.8 Å². The largest absolute Gasteiger partial charge is 0.395 e. The molecule has 0 saturated carbocycles. The van der Waals surface area contributed by atoms with E-state index >= 15 is 0 Å². The van der Waals surface area contributed by atoms with Crippen LogP contribution in [-0.2, 0) is 0 Å². The van der Waals surface area contributed by atoms with Crippen LogP contribution in [0.4, 0.5) is 5.69 Å². The van der Waals surface area contributed by atoms with Crippen molar-refractivity contribution in [2.75, 3.05) is 12.0 Å². The van der Waals surface area contributed by atoms with E-state index in [1.165, 1.54) is 5.56 Å². The molecule has 0 saturated heterocycles. The molecule has 0 bridgehead atoms. The standard InChI is InChI=1S/C10H13N3S/c1-6-4-5-8-9(11)10(14-3)12-13(8)7(6)2/h4-5H,11H2,1-3H3. The van der Waals surface area contributed by atoms with Crippen LogP contribution in [-0.4, -0.2) is 15.9 Å². The van der Waals surface area contributed by atoms with Gasteiger partial charge in [0.15, 0.2) is 0 Å². The maximum Gasteiger partial charge on any atom is 0.142 e. The molecular weight excluding hydrogens is 194 g/mol. The molecule has 4 heteroatoms. The third-order valence-corrected chi connectivity index (χ3v) is 3.19. The molecule has 0 aromatic carbocycles. The summed E-state index contributed by atoms with van der Waals surface area (Å²) in [4.78, 5) is 0. The average molecular weight is 207 g/mol. The molecule has 0 aliphatic rings. The zero-order valence-electron chi connectivity index (χ0n) is 8.53. The van der Waals surface area contributed by atoms with Gasteiger partial charge in [-0.05, 0) is 31.7 Å². The lowest BCUT2D eigenvalue weighted by molar-refractivity contribution is 0.858. The third kappa shape index (κ3) is 1.18. The van der Waals surface area contributed by atoms with Gasteiger partial charge in [-0.25, -0.2) is 4.52 Å². The van der Waals surface area contributed by atoms with Crippen molar-refractivity contribution in [1.29, 1.82) is 0 Å². The van der Waals surface area contributed by atoms with E-state index in [0.29, 0.717) is 0 Å². The fourth-order valence-corrected chi connectivity index (χ4v) is 1.97. The monoisotopic (exact) mass is 207 g/mol. The van der Waals surface area contributed by atoms with Gasteiger partial charge >= 0.3 is 0 Å². The van der Waals surface area contributed by atoms with Gasteiger partial charge < -0.3 is 5.73 Å². The highest BCUT2D eigenvalue weighted by atomic mass is 32.2. The maximum absolute atomic E-state index is 5.96. The summed E-state index contributed by atoms with van der Waals surface area (Å²) in [5.41, 5.74) is 10.1. The number of rotatable bonds is 1. The van der Waals surface area contributed by atoms with Crippen molar-refractivity contribution in [3.05, 3.63) is 23.4 Å². The van der Waals surface area contributed by atoms with Crippen molar-refractivity contribution < 1.29 is 0 Å². The normalized spacial score (nSPS) is 11.1. The van der Waals surface area contributed by atoms with E-state index in [9.17, 15) is 0 Å². The van der Waals surface area contributed by atoms with Gasteiger partial charge in [-0.15, -0.1) is 11.8 Å². The Labute approximate surface area is 87.3 Å². The Kier molecular flexibility index (Phi) is 2.15. The second-order valence-electron chi connectivity index (χ2n) is 3.32. The minimum Gasteiger partial charge on any atom is -0.395 e. The molecule has 0 aliphatic carbocycles. The van der Waals surface area contributed by atoms with E-state index in [2.05, 4.69) is 25.0 Å². The van der Waals surface area contributed by atoms with E-state index in [1.807, 2.05) is 16.8 Å². The Balaban J connectivity index is 2.85. The van der Waals surface area contributed by atoms with E-state index in [0.717, 1.165) is 21.9 Å². The van der Waals surface area contributed by atoms with Gasteiger partial charge in [0.05, 0.1) is 11.2 Å². The van der Waals surface area contributed by atoms with Crippen molar-refractivity contribution >= 4 is 23.0 Å². The molecule has 2 heterocycles. The number of aromatic nitrogens is 2. The van der Waals surface area contributed by atoms with Crippen LogP contribution in [0.2, 0.25) is 0 Å². The summed E-state index contributed by atoms with van der Waals surface area (Å²) in [5, 5.41) is 5.35. The number of hydrogen-bond donors (Lipinski definition) is 1. The summed E-state index contributed by atoms with van der Waals surface area (Å²) in [5.74, 6) is 0. The van der Waals surface area contributed by atoms with Gasteiger partial charge in [-0.1, -0.05) is 6.07 Å². The highest BCUT2D eigenvalue weighted by molar-refractivity contribution is 7.98. The van der Waals surface area contributed by atoms with Crippen LogP contribution in [0.1, 0.15) is 11.3 Å². The molecule has 74 valence electrons. The molecule has 0 spiro atoms. The Bertz CT molecular complexity index is 488. The van der Waals surface area contributed by atoms with Crippen molar-refractivity contribution in [2.24, 2.45) is 0 Å². The topological polar surface area (TPSA) is 43.3 Å². The van der Waals surface area contributed by atoms with Gasteiger partial charge in [-0.3, -0.25) is 0 Å². The number of nitrogens with two attached hydrogens (primary N) is 1. The molecule has 2 aromatic rings. The number of fused-ring (bicyclic) bond motifs is 1. The molecule has 2 rings (SSSR count). The number of hydrogen-bond acceptors (Lipinski definition) is 3. The summed E-state index contributed by atoms with van der Waals surface area (Å²) < 4.78 is 1.91. The van der Waals surface area contributed by atoms with Gasteiger partial charge in [-0.2, -0.15) is 5.10 Å². The molecule has 0 atom stereocenters. The molecule has 0 radical (unpaired) electrons. The van der Waals surface area contributed by atoms with Gasteiger partial charge in [0.2, 0.25) is 0 Å². The fraction of sp³-hybridized carbons (Fsp3) is 0.300. The van der Waals surface area contributed by atoms with Crippen LogP contribution >= 0.6 is 11.8 Å². The van der Waals surface area contributed by atoms with Gasteiger partial charge in [0, 0.05) is 5.69 Å². The van der Waals surface area contributed by atoms with Gasteiger partial charge in [0.25, 0.3) is 0 Å². The Morgan fingerprint density at radius 2 is 2.07 bits per heavy atom. The van der Waals surface area contributed by atoms with Crippen LogP contribution in [0.5, 0.6) is 0 Å². The van der Waals surface area contributed by atoms with E-state index in [4.69, 9.17) is 5.73 Å². The minimum absolute atomic E-state index is 0.778. The highest BCUT2D eigenvalue weighted by Gasteiger charge is 2.10. The molecule has 2 N–H and O–H groups in total. The maximum atomic E-state index is 5.96. The fourth-order valence-electron chi connectivity index (χ4n) is 1.48. The first-order chi connectivity index (χ1) is 6.65. The second-order valence-corrected chi connectivity index (χ2v) is 4.12. The molecule has 0 aliphatic heterocycles. The minimum atomic E-state index is 0.778. The highest BCUT2D eigenvalue weighted by Crippen LogP contribution is 2.27. The summed E-state index contributed by atoms with van der Waals surface area (Å²) in [6.45, 7) is 4.13. The quantitative estimate of drug-likeness (QED) is 0.729. The summed E-state index contributed by atoms with van der Waals surface area (Å²) in [6.07, 6.45) is 1.99. The molecule has 3 nitrogen and oxygen atoms in total. The summed E-state index contributed by atoms with van der Waals surface area (Å²) in [6, 6.07) is 4.09. The zero-order chi connectivity index (χ0) is 10.3. The molecule has 0 fully saturated rings. The zero-order valence-corrected chi connectivity index (χ0v) is 9.35. The SMILES string of the molecule is CSc1nn2c(C)c(C)ccc2c1N. The average Bonchev–Trinajstić information content (AvgIpc) is 2.50. The predicted molar refractivity (Wildman–Crippen MR) is 60.9 cm³/mol. The van der Waals surface area contributed by atoms with Crippen LogP contribution in [0.3, 0.4) is 0 Å². The molecular formula is C10H13N3S. The lowest BCUT2D eigenvalue weighted by atomic mass is 10.2. The van der Waals surface area contributed by atoms with Crippen LogP contribution < -0.4 is 5.73 Å². The van der Waals surface area contributed by atoms with Crippen molar-refractivity contribution in [2.45, 2.75) is 18.9 Å². The lowest BCUT2D eigenvalue weighted by Crippen LogP contribution is -1.95. The number of nitrogen functional groups attached to an aromatic ring is 1. The van der Waals surface area contributed by atoms with E-state index in [-0.39, 0.29) is 0 Å². The Morgan fingerprint density at radius 3 is 2.71 bits per heavy atom. The summed E-state index contributed by atoms with van der Waals surface area (Å²) >= 11 is 1.58. The number of nitrogens with zero attached hydrogens (tertiary/aromatic N) is 2. The predicted octanol–water partition coefficient (Wildman–Crippen LogP) is 2.26. The second kappa shape index (κ2) is 3.20. The van der Waals surface area contributed by atoms with Crippen molar-refractivity contribution in [3.63, 3.8) is 0 Å². The first-order valence-corrected chi connectivity index (χ1v) is 5.66. The van der Waals surface area contributed by atoms with Crippen molar-refractivity contribution in [1.82, 2.24) is 9.61 Å². The van der Waals surface area contributed by atoms with E-state index < -0.39 is 0 Å². The Morgan fingerprint density at radius 1 is 1.36 bits per heavy atom. The number of thioether (sulfide) groups is 1. The molecule has 14 heavy (non-hydrogen) atoms. The van der Waals surface area contributed by atoms with Crippen LogP contribution in [0.25, 0.3) is 5.52 Å². The smallest absolute Gasteiger partial charge is 0.142 e. The first-order valence-electron chi connectivity index (χ1n) is 4.43. The Hall–Kier alpha value is -1.16. The van der Waals surface area contributed by atoms with Crippen LogP contribution in [0, 0.1) is 13.8 Å². The lowest BCUT2D eigenvalue weighted by Gasteiger charge is -2.02. The summed E-state index contributed by atoms with van der Waals surface area (Å²) in [7, 11) is 0.